The van der Waals surface area contributed by atoms with Gasteiger partial charge in [0.15, 0.2) is 6.79 Å². The van der Waals surface area contributed by atoms with Crippen LogP contribution in [0, 0.1) is 0 Å². The zero-order valence-electron chi connectivity index (χ0n) is 7.34. The van der Waals surface area contributed by atoms with Crippen LogP contribution in [0.1, 0.15) is 5.69 Å². The third-order valence-corrected chi connectivity index (χ3v) is 1.37. The van der Waals surface area contributed by atoms with Gasteiger partial charge in [0.05, 0.1) is 0 Å². The van der Waals surface area contributed by atoms with Crippen LogP contribution in [0.15, 0.2) is 18.3 Å². The fourth-order valence-corrected chi connectivity index (χ4v) is 0.783. The van der Waals surface area contributed by atoms with Crippen LogP contribution in [0.5, 0.6) is 5.75 Å². The number of hydrogen-bond donors (Lipinski definition) is 0. The lowest BCUT2D eigenvalue weighted by Crippen LogP contribution is -2.08. The molecule has 0 aliphatic rings. The lowest BCUT2D eigenvalue weighted by molar-refractivity contribution is -0.141. The van der Waals surface area contributed by atoms with Gasteiger partial charge in [0, 0.05) is 19.4 Å². The maximum atomic E-state index is 12.1. The standard InChI is InChI=1S/C8H8F3NO2/c1-13-5-14-6-2-3-12-7(4-6)8(9,10)11/h2-4H,5H2,1H3. The van der Waals surface area contributed by atoms with Crippen molar-refractivity contribution in [3.05, 3.63) is 24.0 Å². The molecule has 0 aliphatic heterocycles. The first kappa shape index (κ1) is 10.8. The molecule has 1 aromatic heterocycles. The summed E-state index contributed by atoms with van der Waals surface area (Å²) in [6, 6.07) is 2.15. The smallest absolute Gasteiger partial charge is 0.433 e. The number of hydrogen-bond acceptors (Lipinski definition) is 3. The molecule has 78 valence electrons. The van der Waals surface area contributed by atoms with E-state index in [0.717, 1.165) is 12.3 Å². The van der Waals surface area contributed by atoms with E-state index in [2.05, 4.69) is 9.72 Å². The van der Waals surface area contributed by atoms with E-state index in [1.54, 1.807) is 0 Å². The van der Waals surface area contributed by atoms with Crippen LogP contribution >= 0.6 is 0 Å². The SMILES string of the molecule is COCOc1ccnc(C(F)(F)F)c1. The Bertz CT molecular complexity index is 301. The van der Waals surface area contributed by atoms with Gasteiger partial charge in [0.25, 0.3) is 0 Å². The van der Waals surface area contributed by atoms with Crippen molar-refractivity contribution in [2.75, 3.05) is 13.9 Å². The molecule has 0 unspecified atom stereocenters. The summed E-state index contributed by atoms with van der Waals surface area (Å²) >= 11 is 0. The topological polar surface area (TPSA) is 31.4 Å². The molecular formula is C8H8F3NO2. The Balaban J connectivity index is 2.79. The third-order valence-electron chi connectivity index (χ3n) is 1.37. The average molecular weight is 207 g/mol. The van der Waals surface area contributed by atoms with Gasteiger partial charge in [-0.1, -0.05) is 0 Å². The molecule has 0 aromatic carbocycles. The number of ether oxygens (including phenoxy) is 2. The first-order valence-corrected chi connectivity index (χ1v) is 3.69. The molecule has 0 saturated heterocycles. The Morgan fingerprint density at radius 3 is 2.71 bits per heavy atom. The zero-order valence-corrected chi connectivity index (χ0v) is 7.34. The first-order valence-electron chi connectivity index (χ1n) is 3.69. The highest BCUT2D eigenvalue weighted by atomic mass is 19.4. The van der Waals surface area contributed by atoms with Crippen LogP contribution in [0.4, 0.5) is 13.2 Å². The first-order chi connectivity index (χ1) is 6.54. The van der Waals surface area contributed by atoms with Crippen LogP contribution < -0.4 is 4.74 Å². The van der Waals surface area contributed by atoms with Crippen molar-refractivity contribution < 1.29 is 22.6 Å². The van der Waals surface area contributed by atoms with Crippen molar-refractivity contribution in [2.24, 2.45) is 0 Å². The Labute approximate surface area is 78.5 Å². The van der Waals surface area contributed by atoms with E-state index in [1.165, 1.54) is 13.2 Å². The van der Waals surface area contributed by atoms with Crippen molar-refractivity contribution in [2.45, 2.75) is 6.18 Å². The molecule has 14 heavy (non-hydrogen) atoms. The molecule has 0 radical (unpaired) electrons. The molecule has 0 saturated carbocycles. The normalized spacial score (nSPS) is 11.4. The van der Waals surface area contributed by atoms with Crippen LogP contribution in [-0.2, 0) is 10.9 Å². The number of alkyl halides is 3. The molecule has 0 N–H and O–H groups in total. The minimum absolute atomic E-state index is 0.0779. The van der Waals surface area contributed by atoms with E-state index in [9.17, 15) is 13.2 Å². The molecule has 6 heteroatoms. The molecule has 1 aromatic rings. The van der Waals surface area contributed by atoms with Gasteiger partial charge in [-0.05, 0) is 6.07 Å². The van der Waals surface area contributed by atoms with Gasteiger partial charge in [-0.25, -0.2) is 0 Å². The van der Waals surface area contributed by atoms with Crippen LogP contribution in [0.2, 0.25) is 0 Å². The van der Waals surface area contributed by atoms with Gasteiger partial charge in [-0.3, -0.25) is 4.98 Å². The highest BCUT2D eigenvalue weighted by Crippen LogP contribution is 2.29. The van der Waals surface area contributed by atoms with Gasteiger partial charge in [-0.15, -0.1) is 0 Å². The third kappa shape index (κ3) is 2.88. The Kier molecular flexibility index (Phi) is 3.29. The fourth-order valence-electron chi connectivity index (χ4n) is 0.783. The van der Waals surface area contributed by atoms with Crippen LogP contribution in [-0.4, -0.2) is 18.9 Å². The summed E-state index contributed by atoms with van der Waals surface area (Å²) in [5, 5.41) is 0. The van der Waals surface area contributed by atoms with Crippen LogP contribution in [0.25, 0.3) is 0 Å². The molecule has 1 heterocycles. The summed E-state index contributed by atoms with van der Waals surface area (Å²) in [5.41, 5.74) is -0.980. The van der Waals surface area contributed by atoms with Gasteiger partial charge in [0.1, 0.15) is 11.4 Å². The summed E-state index contributed by atoms with van der Waals surface area (Å²) in [7, 11) is 1.38. The second-order valence-electron chi connectivity index (χ2n) is 2.43. The fraction of sp³-hybridized carbons (Fsp3) is 0.375. The molecule has 0 bridgehead atoms. The van der Waals surface area contributed by atoms with Crippen molar-refractivity contribution in [1.29, 1.82) is 0 Å². The van der Waals surface area contributed by atoms with E-state index in [1.807, 2.05) is 0 Å². The average Bonchev–Trinajstić information content (AvgIpc) is 2.14. The van der Waals surface area contributed by atoms with Gasteiger partial charge in [-0.2, -0.15) is 13.2 Å². The highest BCUT2D eigenvalue weighted by Gasteiger charge is 2.32. The van der Waals surface area contributed by atoms with Crippen molar-refractivity contribution in [1.82, 2.24) is 4.98 Å². The number of pyridine rings is 1. The van der Waals surface area contributed by atoms with E-state index in [4.69, 9.17) is 4.74 Å². The van der Waals surface area contributed by atoms with E-state index >= 15 is 0 Å². The largest absolute Gasteiger partial charge is 0.467 e. The molecule has 0 fully saturated rings. The minimum Gasteiger partial charge on any atom is -0.467 e. The van der Waals surface area contributed by atoms with Gasteiger partial charge in [0.2, 0.25) is 0 Å². The highest BCUT2D eigenvalue weighted by molar-refractivity contribution is 5.23. The Hall–Kier alpha value is -1.30. The second kappa shape index (κ2) is 4.28. The Morgan fingerprint density at radius 2 is 2.14 bits per heavy atom. The van der Waals surface area contributed by atoms with Gasteiger partial charge >= 0.3 is 6.18 Å². The van der Waals surface area contributed by atoms with E-state index in [-0.39, 0.29) is 12.5 Å². The molecule has 3 nitrogen and oxygen atoms in total. The molecule has 0 spiro atoms. The molecule has 1 rings (SSSR count). The van der Waals surface area contributed by atoms with E-state index < -0.39 is 11.9 Å². The second-order valence-corrected chi connectivity index (χ2v) is 2.43. The van der Waals surface area contributed by atoms with Crippen LogP contribution in [0.3, 0.4) is 0 Å². The number of rotatable bonds is 3. The zero-order chi connectivity index (χ0) is 10.6. The summed E-state index contributed by atoms with van der Waals surface area (Å²) in [6.45, 7) is -0.0959. The molecule has 0 aliphatic carbocycles. The summed E-state index contributed by atoms with van der Waals surface area (Å²) in [6.07, 6.45) is -3.42. The summed E-state index contributed by atoms with van der Waals surface area (Å²) < 4.78 is 45.8. The molecule has 0 amide bonds. The quantitative estimate of drug-likeness (QED) is 0.711. The lowest BCUT2D eigenvalue weighted by atomic mass is 10.3. The lowest BCUT2D eigenvalue weighted by Gasteiger charge is -2.08. The Morgan fingerprint density at radius 1 is 1.43 bits per heavy atom. The number of aromatic nitrogens is 1. The van der Waals surface area contributed by atoms with Crippen molar-refractivity contribution in [3.8, 4) is 5.75 Å². The molecular weight excluding hydrogens is 199 g/mol. The van der Waals surface area contributed by atoms with E-state index in [0.29, 0.717) is 0 Å². The maximum Gasteiger partial charge on any atom is 0.433 e. The minimum atomic E-state index is -4.45. The number of methoxy groups -OCH3 is 1. The number of nitrogens with zero attached hydrogens (tertiary/aromatic N) is 1. The summed E-state index contributed by atoms with van der Waals surface area (Å²) in [5.74, 6) is 0.0779. The van der Waals surface area contributed by atoms with Crippen molar-refractivity contribution in [3.63, 3.8) is 0 Å². The summed E-state index contributed by atoms with van der Waals surface area (Å²) in [4.78, 5) is 3.17. The predicted octanol–water partition coefficient (Wildman–Crippen LogP) is 2.08. The maximum absolute atomic E-state index is 12.1. The van der Waals surface area contributed by atoms with Gasteiger partial charge < -0.3 is 9.47 Å². The van der Waals surface area contributed by atoms with Crippen molar-refractivity contribution >= 4 is 0 Å². The number of halogens is 3. The predicted molar refractivity (Wildman–Crippen MR) is 41.7 cm³/mol. The monoisotopic (exact) mass is 207 g/mol. The molecule has 0 atom stereocenters.